The highest BCUT2D eigenvalue weighted by molar-refractivity contribution is 7.74. The van der Waals surface area contributed by atoms with Gasteiger partial charge >= 0.3 is 17.3 Å². The van der Waals surface area contributed by atoms with Crippen LogP contribution >= 0.6 is 0 Å². The topological polar surface area (TPSA) is 72.8 Å². The van der Waals surface area contributed by atoms with E-state index >= 15 is 0 Å². The highest BCUT2D eigenvalue weighted by atomic mass is 32.2. The first-order valence-corrected chi connectivity index (χ1v) is 6.23. The molecule has 0 aliphatic rings. The van der Waals surface area contributed by atoms with Crippen molar-refractivity contribution in [2.24, 2.45) is 0 Å². The Labute approximate surface area is 98.3 Å². The van der Waals surface area contributed by atoms with E-state index in [9.17, 15) is 9.00 Å². The number of unbranched alkanes of at least 4 members (excludes halogenated alkanes) is 4. The lowest BCUT2D eigenvalue weighted by Crippen LogP contribution is -2.01. The predicted octanol–water partition coefficient (Wildman–Crippen LogP) is 1.82. The van der Waals surface area contributed by atoms with Crippen molar-refractivity contribution in [2.75, 3.05) is 13.2 Å². The van der Waals surface area contributed by atoms with Crippen LogP contribution in [-0.4, -0.2) is 27.9 Å². The van der Waals surface area contributed by atoms with Crippen LogP contribution in [0.1, 0.15) is 32.1 Å². The second-order valence-electron chi connectivity index (χ2n) is 3.18. The molecule has 0 aliphatic carbocycles. The van der Waals surface area contributed by atoms with E-state index in [0.29, 0.717) is 13.2 Å². The van der Waals surface area contributed by atoms with E-state index in [2.05, 4.69) is 10.8 Å². The van der Waals surface area contributed by atoms with Gasteiger partial charge in [-0.05, 0) is 12.8 Å². The molecule has 94 valence electrons. The van der Waals surface area contributed by atoms with Crippen molar-refractivity contribution in [3.63, 3.8) is 0 Å². The number of esters is 1. The lowest BCUT2D eigenvalue weighted by molar-refractivity contribution is -0.137. The summed E-state index contributed by atoms with van der Waals surface area (Å²) in [5.74, 6) is -0.390. The Morgan fingerprint density at radius 2 is 1.75 bits per heavy atom. The lowest BCUT2D eigenvalue weighted by Gasteiger charge is -2.02. The van der Waals surface area contributed by atoms with Crippen molar-refractivity contribution in [3.8, 4) is 0 Å². The third-order valence-electron chi connectivity index (χ3n) is 1.88. The summed E-state index contributed by atoms with van der Waals surface area (Å²) >= 11 is -2.15. The summed E-state index contributed by atoms with van der Waals surface area (Å²) in [5.41, 5.74) is 0. The fourth-order valence-electron chi connectivity index (χ4n) is 1.10. The molecule has 0 aromatic heterocycles. The molecule has 0 saturated carbocycles. The van der Waals surface area contributed by atoms with Gasteiger partial charge in [0.15, 0.2) is 0 Å². The Kier molecular flexibility index (Phi) is 10.3. The minimum Gasteiger partial charge on any atom is -0.463 e. The highest BCUT2D eigenvalue weighted by Gasteiger charge is 1.96. The summed E-state index contributed by atoms with van der Waals surface area (Å²) in [5, 5.41) is 0. The molecular formula is C10H18O5S. The SMILES string of the molecule is C=CC(=O)OCCCCCCCOS(=O)O. The number of hydrogen-bond acceptors (Lipinski definition) is 4. The Bertz CT molecular complexity index is 229. The van der Waals surface area contributed by atoms with E-state index in [1.807, 2.05) is 0 Å². The Balaban J connectivity index is 3.07. The standard InChI is InChI=1S/C10H18O5S/c1-2-10(11)14-8-6-4-3-5-7-9-15-16(12)13/h2H,1,3-9H2,(H,12,13). The van der Waals surface area contributed by atoms with E-state index < -0.39 is 11.4 Å². The van der Waals surface area contributed by atoms with Crippen molar-refractivity contribution in [3.05, 3.63) is 12.7 Å². The average Bonchev–Trinajstić information content (AvgIpc) is 2.26. The summed E-state index contributed by atoms with van der Waals surface area (Å²) in [6.07, 6.45) is 5.63. The van der Waals surface area contributed by atoms with Crippen LogP contribution in [-0.2, 0) is 25.1 Å². The van der Waals surface area contributed by atoms with Gasteiger partial charge in [-0.2, -0.15) is 4.21 Å². The van der Waals surface area contributed by atoms with Gasteiger partial charge in [-0.1, -0.05) is 25.8 Å². The quantitative estimate of drug-likeness (QED) is 0.277. The van der Waals surface area contributed by atoms with E-state index in [1.165, 1.54) is 0 Å². The van der Waals surface area contributed by atoms with Gasteiger partial charge < -0.3 is 4.74 Å². The molecule has 0 rings (SSSR count). The fourth-order valence-corrected chi connectivity index (χ4v) is 1.36. The van der Waals surface area contributed by atoms with Gasteiger partial charge in [0.1, 0.15) is 0 Å². The minimum atomic E-state index is -2.15. The number of carbonyl (C=O) groups excluding carboxylic acids is 1. The first-order chi connectivity index (χ1) is 7.66. The third kappa shape index (κ3) is 11.4. The first kappa shape index (κ1) is 15.3. The number of carbonyl (C=O) groups is 1. The molecule has 5 nitrogen and oxygen atoms in total. The van der Waals surface area contributed by atoms with Crippen LogP contribution in [0.2, 0.25) is 0 Å². The van der Waals surface area contributed by atoms with Gasteiger partial charge in [0.05, 0.1) is 13.2 Å². The highest BCUT2D eigenvalue weighted by Crippen LogP contribution is 2.03. The van der Waals surface area contributed by atoms with Crippen LogP contribution < -0.4 is 0 Å². The number of rotatable bonds is 10. The first-order valence-electron chi connectivity index (χ1n) is 5.20. The molecule has 0 amide bonds. The molecule has 1 atom stereocenters. The molecule has 6 heteroatoms. The van der Waals surface area contributed by atoms with Gasteiger partial charge in [-0.3, -0.25) is 8.74 Å². The maximum absolute atomic E-state index is 10.6. The molecule has 0 saturated heterocycles. The molecule has 0 heterocycles. The molecule has 1 N–H and O–H groups in total. The Morgan fingerprint density at radius 1 is 1.19 bits per heavy atom. The zero-order valence-electron chi connectivity index (χ0n) is 9.22. The van der Waals surface area contributed by atoms with Crippen LogP contribution in [0.25, 0.3) is 0 Å². The van der Waals surface area contributed by atoms with Crippen molar-refractivity contribution >= 4 is 17.3 Å². The van der Waals surface area contributed by atoms with E-state index in [4.69, 9.17) is 9.29 Å². The summed E-state index contributed by atoms with van der Waals surface area (Å²) in [4.78, 5) is 10.6. The zero-order valence-corrected chi connectivity index (χ0v) is 10.0. The van der Waals surface area contributed by atoms with E-state index in [1.54, 1.807) is 0 Å². The maximum Gasteiger partial charge on any atom is 0.330 e. The molecule has 0 radical (unpaired) electrons. The number of ether oxygens (including phenoxy) is 1. The molecular weight excluding hydrogens is 232 g/mol. The number of hydrogen-bond donors (Lipinski definition) is 1. The maximum atomic E-state index is 10.6. The summed E-state index contributed by atoms with van der Waals surface area (Å²) in [6.45, 7) is 4.01. The van der Waals surface area contributed by atoms with E-state index in [-0.39, 0.29) is 5.97 Å². The second kappa shape index (κ2) is 10.8. The van der Waals surface area contributed by atoms with E-state index in [0.717, 1.165) is 38.2 Å². The molecule has 0 bridgehead atoms. The van der Waals surface area contributed by atoms with Crippen molar-refractivity contribution in [1.29, 1.82) is 0 Å². The van der Waals surface area contributed by atoms with Gasteiger partial charge in [-0.15, -0.1) is 0 Å². The molecule has 0 aromatic carbocycles. The average molecular weight is 250 g/mol. The lowest BCUT2D eigenvalue weighted by atomic mass is 10.1. The molecule has 1 unspecified atom stereocenters. The van der Waals surface area contributed by atoms with Gasteiger partial charge in [0.25, 0.3) is 0 Å². The summed E-state index contributed by atoms with van der Waals surface area (Å²) in [6, 6.07) is 0. The van der Waals surface area contributed by atoms with Gasteiger partial charge in [0, 0.05) is 6.08 Å². The predicted molar refractivity (Wildman–Crippen MR) is 61.0 cm³/mol. The van der Waals surface area contributed by atoms with Crippen LogP contribution in [0, 0.1) is 0 Å². The largest absolute Gasteiger partial charge is 0.463 e. The van der Waals surface area contributed by atoms with Crippen LogP contribution in [0.3, 0.4) is 0 Å². The van der Waals surface area contributed by atoms with Gasteiger partial charge in [0.2, 0.25) is 0 Å². The second-order valence-corrected chi connectivity index (χ2v) is 3.85. The molecule has 16 heavy (non-hydrogen) atoms. The van der Waals surface area contributed by atoms with Gasteiger partial charge in [-0.25, -0.2) is 4.79 Å². The monoisotopic (exact) mass is 250 g/mol. The van der Waals surface area contributed by atoms with Crippen LogP contribution in [0.4, 0.5) is 0 Å². The van der Waals surface area contributed by atoms with Crippen LogP contribution in [0.15, 0.2) is 12.7 Å². The van der Waals surface area contributed by atoms with Crippen LogP contribution in [0.5, 0.6) is 0 Å². The van der Waals surface area contributed by atoms with Crippen molar-refractivity contribution in [1.82, 2.24) is 0 Å². The normalized spacial score (nSPS) is 12.1. The fraction of sp³-hybridized carbons (Fsp3) is 0.700. The minimum absolute atomic E-state index is 0.300. The smallest absolute Gasteiger partial charge is 0.330 e. The third-order valence-corrected chi connectivity index (χ3v) is 2.25. The molecule has 0 aromatic rings. The molecule has 0 aliphatic heterocycles. The van der Waals surface area contributed by atoms with Crippen molar-refractivity contribution in [2.45, 2.75) is 32.1 Å². The van der Waals surface area contributed by atoms with Crippen molar-refractivity contribution < 1.29 is 22.5 Å². The Morgan fingerprint density at radius 3 is 2.31 bits per heavy atom. The zero-order chi connectivity index (χ0) is 12.2. The molecule has 0 fully saturated rings. The summed E-state index contributed by atoms with van der Waals surface area (Å²) in [7, 11) is 0. The Hall–Kier alpha value is -0.720. The molecule has 0 spiro atoms. The summed E-state index contributed by atoms with van der Waals surface area (Å²) < 4.78 is 27.7.